The number of aromatic nitrogens is 14. The molecule has 4 fully saturated rings. The molecular formula is C89H101N23O8S6. The first-order valence-electron chi connectivity index (χ1n) is 42.7. The van der Waals surface area contributed by atoms with Gasteiger partial charge in [-0.15, -0.1) is 64.6 Å². The second-order valence-corrected chi connectivity index (χ2v) is 39.1. The fourth-order valence-corrected chi connectivity index (χ4v) is 23.1. The fourth-order valence-electron chi connectivity index (χ4n) is 16.8. The first kappa shape index (κ1) is 88.2. The van der Waals surface area contributed by atoms with Gasteiger partial charge in [-0.05, 0) is 182 Å². The number of nitrogens with zero attached hydrogens (tertiary/aromatic N) is 16. The van der Waals surface area contributed by atoms with E-state index in [2.05, 4.69) is 110 Å². The van der Waals surface area contributed by atoms with Crippen LogP contribution in [0.15, 0.2) is 131 Å². The molecule has 126 heavy (non-hydrogen) atoms. The van der Waals surface area contributed by atoms with Crippen molar-refractivity contribution < 1.29 is 38.4 Å². The van der Waals surface area contributed by atoms with Crippen LogP contribution in [0.3, 0.4) is 0 Å². The van der Waals surface area contributed by atoms with Gasteiger partial charge in [0.15, 0.2) is 26.8 Å². The minimum Gasteiger partial charge on any atom is -0.365 e. The number of aryl methyl sites for hydroxylation is 6. The Morgan fingerprint density at radius 3 is 1.76 bits per heavy atom. The number of imidazole rings is 1. The first-order chi connectivity index (χ1) is 61.1. The van der Waals surface area contributed by atoms with Gasteiger partial charge in [0.1, 0.15) is 38.3 Å². The van der Waals surface area contributed by atoms with Crippen molar-refractivity contribution in [3.63, 3.8) is 0 Å². The quantitative estimate of drug-likeness (QED) is 0.0224. The Bertz CT molecular complexity index is 6020. The predicted octanol–water partition coefficient (Wildman–Crippen LogP) is 12.6. The summed E-state index contributed by atoms with van der Waals surface area (Å²) in [4.78, 5) is 118. The molecule has 11 heterocycles. The van der Waals surface area contributed by atoms with E-state index in [-0.39, 0.29) is 53.4 Å². The summed E-state index contributed by atoms with van der Waals surface area (Å²) in [5.74, 6) is 3.57. The maximum absolute atomic E-state index is 13.3. The van der Waals surface area contributed by atoms with E-state index in [1.807, 2.05) is 136 Å². The Labute approximate surface area is 753 Å². The van der Waals surface area contributed by atoms with Crippen molar-refractivity contribution in [2.24, 2.45) is 31.5 Å². The van der Waals surface area contributed by atoms with Gasteiger partial charge in [0.05, 0.1) is 53.0 Å². The molecule has 31 nitrogen and oxygen atoms in total. The second kappa shape index (κ2) is 39.8. The average molecular weight is 1810 g/mol. The maximum Gasteiger partial charge on any atom is 0.274 e. The number of anilines is 4. The lowest BCUT2D eigenvalue weighted by Gasteiger charge is -2.24. The van der Waals surface area contributed by atoms with Crippen molar-refractivity contribution in [3.05, 3.63) is 215 Å². The summed E-state index contributed by atoms with van der Waals surface area (Å²) in [6.07, 6.45) is 19.2. The second-order valence-electron chi connectivity index (χ2n) is 32.5. The lowest BCUT2D eigenvalue weighted by atomic mass is 9.95. The van der Waals surface area contributed by atoms with Crippen LogP contribution in [0.4, 0.5) is 20.7 Å². The molecule has 0 radical (unpaired) electrons. The van der Waals surface area contributed by atoms with Crippen LogP contribution in [-0.4, -0.2) is 168 Å². The molecule has 0 spiro atoms. The van der Waals surface area contributed by atoms with Gasteiger partial charge >= 0.3 is 0 Å². The SMILES string of the molecule is CC(Sc1nnc(C2CC2)n1Cc1ccccc1)C(=O)Nc1sc2c(c1C(N)=O)CCC2.CCn1c(SCC(=O)Nc2sc3c(c2C(N)=O)CCC3)nnc1C1CC1.Cc1cc(C)n2nc(C(=O)N3C[C@@H]4CCN(Cc5nccn5C)[C@@H]4C3)cc2n1.Cn1c(CC(=O)Nc2ccccc2)nnc1SCC(=O)Nc1sc2c(c1C(=O)NCc1ccccc1)CCCC2. The summed E-state index contributed by atoms with van der Waals surface area (Å²) in [5.41, 5.74) is 21.8. The van der Waals surface area contributed by atoms with Crippen molar-refractivity contribution in [1.82, 2.24) is 83.6 Å². The van der Waals surface area contributed by atoms with Crippen LogP contribution in [-0.2, 0) is 104 Å². The number of benzene rings is 3. The number of hydrogen-bond donors (Lipinski definition) is 7. The lowest BCUT2D eigenvalue weighted by molar-refractivity contribution is -0.116. The van der Waals surface area contributed by atoms with Crippen molar-refractivity contribution >= 4 is 143 Å². The van der Waals surface area contributed by atoms with Crippen LogP contribution in [0.1, 0.15) is 202 Å². The number of para-hydroxylation sites is 1. The molecule has 3 aromatic carbocycles. The molecule has 37 heteroatoms. The number of rotatable bonds is 28. The smallest absolute Gasteiger partial charge is 0.274 e. The highest BCUT2D eigenvalue weighted by molar-refractivity contribution is 8.00. The minimum atomic E-state index is -0.475. The third-order valence-corrected chi connectivity index (χ3v) is 30.1. The molecular weight excluding hydrogens is 1710 g/mol. The number of hydrogen-bond acceptors (Lipinski definition) is 24. The average Bonchev–Trinajstić information content (AvgIpc) is 1.62. The topological polar surface area (TPSA) is 395 Å². The van der Waals surface area contributed by atoms with Crippen LogP contribution >= 0.6 is 69.3 Å². The van der Waals surface area contributed by atoms with Gasteiger partial charge in [-0.25, -0.2) is 14.5 Å². The highest BCUT2D eigenvalue weighted by Crippen LogP contribution is 2.45. The highest BCUT2D eigenvalue weighted by Gasteiger charge is 2.44. The molecule has 12 aromatic rings. The van der Waals surface area contributed by atoms with E-state index in [9.17, 15) is 38.4 Å². The first-order valence-corrected chi connectivity index (χ1v) is 48.0. The largest absolute Gasteiger partial charge is 0.365 e. The van der Waals surface area contributed by atoms with E-state index in [1.165, 1.54) is 97.5 Å². The van der Waals surface area contributed by atoms with Gasteiger partial charge in [-0.2, -0.15) is 5.10 Å². The number of carbonyl (C=O) groups is 8. The summed E-state index contributed by atoms with van der Waals surface area (Å²) in [7, 11) is 3.80. The van der Waals surface area contributed by atoms with Crippen LogP contribution < -0.4 is 38.1 Å². The molecule has 3 atom stereocenters. The number of nitrogens with one attached hydrogen (secondary N) is 5. The van der Waals surface area contributed by atoms with Crippen molar-refractivity contribution in [2.45, 2.75) is 195 Å². The van der Waals surface area contributed by atoms with E-state index in [4.69, 9.17) is 11.5 Å². The Hall–Kier alpha value is -11.2. The number of likely N-dealkylation sites (tertiary alicyclic amines) is 2. The van der Waals surface area contributed by atoms with E-state index >= 15 is 0 Å². The van der Waals surface area contributed by atoms with Gasteiger partial charge in [0.25, 0.3) is 23.6 Å². The molecule has 9 aromatic heterocycles. The van der Waals surface area contributed by atoms with Crippen molar-refractivity contribution in [1.29, 1.82) is 0 Å². The van der Waals surface area contributed by atoms with Crippen LogP contribution in [0.5, 0.6) is 0 Å². The van der Waals surface area contributed by atoms with Crippen LogP contribution in [0, 0.1) is 19.8 Å². The molecule has 0 bridgehead atoms. The van der Waals surface area contributed by atoms with Crippen molar-refractivity contribution in [2.75, 3.05) is 52.4 Å². The number of amides is 8. The number of primary amides is 2. The molecule has 656 valence electrons. The number of nitrogens with two attached hydrogens (primary N) is 2. The fraction of sp³-hybridized carbons (Fsp3) is 0.404. The predicted molar refractivity (Wildman–Crippen MR) is 490 cm³/mol. The van der Waals surface area contributed by atoms with Gasteiger partial charge < -0.3 is 61.2 Å². The number of thiophene rings is 3. The molecule has 2 saturated carbocycles. The summed E-state index contributed by atoms with van der Waals surface area (Å²) < 4.78 is 9.76. The summed E-state index contributed by atoms with van der Waals surface area (Å²) >= 11 is 8.45. The number of fused-ring (bicyclic) bond motifs is 5. The molecule has 1 unspecified atom stereocenters. The lowest BCUT2D eigenvalue weighted by Crippen LogP contribution is -2.37. The maximum atomic E-state index is 13.3. The van der Waals surface area contributed by atoms with Crippen molar-refractivity contribution in [3.8, 4) is 0 Å². The van der Waals surface area contributed by atoms with Gasteiger partial charge in [0.2, 0.25) is 23.6 Å². The number of thioether (sulfide) groups is 3. The molecule has 8 amide bonds. The Balaban J connectivity index is 0.000000125. The zero-order valence-electron chi connectivity index (χ0n) is 71.1. The Morgan fingerprint density at radius 1 is 0.579 bits per heavy atom. The summed E-state index contributed by atoms with van der Waals surface area (Å²) in [6.45, 7) is 13.2. The third kappa shape index (κ3) is 20.7. The molecule has 9 N–H and O–H groups in total. The minimum absolute atomic E-state index is 0.00824. The van der Waals surface area contributed by atoms with Gasteiger partial charge in [-0.3, -0.25) is 43.3 Å². The van der Waals surface area contributed by atoms with E-state index < -0.39 is 17.1 Å². The Morgan fingerprint density at radius 2 is 1.14 bits per heavy atom. The zero-order chi connectivity index (χ0) is 87.8. The summed E-state index contributed by atoms with van der Waals surface area (Å²) in [5, 5.41) is 48.2. The van der Waals surface area contributed by atoms with Crippen LogP contribution in [0.25, 0.3) is 5.65 Å². The Kier molecular flexibility index (Phi) is 27.8. The molecule has 19 rings (SSSR count). The third-order valence-electron chi connectivity index (χ3n) is 23.4. The zero-order valence-corrected chi connectivity index (χ0v) is 76.0. The molecule has 7 aliphatic rings. The monoisotopic (exact) mass is 1810 g/mol. The number of carbonyl (C=O) groups excluding carboxylic acids is 8. The molecule has 5 aliphatic carbocycles. The van der Waals surface area contributed by atoms with E-state index in [0.29, 0.717) is 90.9 Å². The van der Waals surface area contributed by atoms with Crippen LogP contribution in [0.2, 0.25) is 0 Å². The van der Waals surface area contributed by atoms with E-state index in [1.54, 1.807) is 16.1 Å². The molecule has 2 saturated heterocycles. The standard InChI is InChI=1S/C29H30N6O3S2.C23H25N5O2S2.C20H25N7O.C17H21N5O2S2/c1-35-23(16-24(36)31-20-12-6-3-7-13-20)33-34-29(35)39-18-25(37)32-28-26(21-14-8-9-15-22(21)40-28)27(38)30-17-19-10-4-2-5-11-19;1-13(21(30)25-22-18(19(24)29)16-8-5-9-17(16)32-22)31-23-27-26-20(15-10-11-15)28(23)12-14-6-3-2-4-7-14;1-13-8-14(2)27-18(22-13)9-16(23-27)20(28)26-10-15-4-6-25(17(15)11-26)12-19-21-5-7-24(19)3;1-2-22-15(9-6-7-9)20-21-17(22)25-8-12(23)19-16-13(14(18)24)10-4-3-5-11(10)26-16/h2-7,10-13H,8-9,14-18H2,1H3,(H,30,38)(H,31,36)(H,32,37);2-4,6-7,13,15H,5,8-12H2,1H3,(H2,24,29)(H,25,30);5,7-9,15,17H,4,6,10-12H2,1-3H3;9H,2-8H2,1H3,(H2,18,24)(H,19,23)/t;;15-,17+;/m..0./s1. The summed E-state index contributed by atoms with van der Waals surface area (Å²) in [6, 6.07) is 33.4. The molecule has 2 aliphatic heterocycles. The highest BCUT2D eigenvalue weighted by atomic mass is 32.2. The van der Waals surface area contributed by atoms with Gasteiger partial charge in [-0.1, -0.05) is 114 Å². The van der Waals surface area contributed by atoms with E-state index in [0.717, 1.165) is 188 Å². The van der Waals surface area contributed by atoms with Gasteiger partial charge in [0, 0.05) is 108 Å². The normalized spacial score (nSPS) is 16.3.